The van der Waals surface area contributed by atoms with Gasteiger partial charge in [-0.3, -0.25) is 14.9 Å². The van der Waals surface area contributed by atoms with Crippen LogP contribution in [0.25, 0.3) is 16.9 Å². The topological polar surface area (TPSA) is 90.5 Å². The molecule has 1 amide bonds. The van der Waals surface area contributed by atoms with Crippen molar-refractivity contribution in [1.29, 1.82) is 0 Å². The van der Waals surface area contributed by atoms with Crippen LogP contribution in [0.2, 0.25) is 0 Å². The molecule has 0 radical (unpaired) electrons. The van der Waals surface area contributed by atoms with E-state index < -0.39 is 4.92 Å². The van der Waals surface area contributed by atoms with Crippen molar-refractivity contribution < 1.29 is 14.5 Å². The fourth-order valence-electron chi connectivity index (χ4n) is 4.57. The second-order valence-electron chi connectivity index (χ2n) is 9.14. The van der Waals surface area contributed by atoms with Crippen LogP contribution < -0.4 is 0 Å². The van der Waals surface area contributed by atoms with Crippen molar-refractivity contribution in [2.45, 2.75) is 32.0 Å². The zero-order valence-electron chi connectivity index (χ0n) is 20.4. The highest BCUT2D eigenvalue weighted by Crippen LogP contribution is 2.27. The number of piperidine rings is 1. The van der Waals surface area contributed by atoms with E-state index in [4.69, 9.17) is 9.84 Å². The lowest BCUT2D eigenvalue weighted by Gasteiger charge is -2.32. The number of ether oxygens (including phenoxy) is 1. The van der Waals surface area contributed by atoms with Crippen LogP contribution in [0, 0.1) is 10.1 Å². The fourth-order valence-corrected chi connectivity index (χ4v) is 4.57. The first-order chi connectivity index (χ1) is 18.1. The molecule has 1 aromatic heterocycles. The lowest BCUT2D eigenvalue weighted by molar-refractivity contribution is -0.384. The van der Waals surface area contributed by atoms with Gasteiger partial charge in [-0.2, -0.15) is 5.10 Å². The molecular weight excluding hydrogens is 468 g/mol. The number of non-ortho nitro benzene ring substituents is 1. The van der Waals surface area contributed by atoms with Gasteiger partial charge in [0.2, 0.25) is 5.91 Å². The summed E-state index contributed by atoms with van der Waals surface area (Å²) in [6.07, 6.45) is 3.82. The van der Waals surface area contributed by atoms with Gasteiger partial charge in [0.1, 0.15) is 0 Å². The monoisotopic (exact) mass is 496 g/mol. The number of carbonyl (C=O) groups is 1. The van der Waals surface area contributed by atoms with Gasteiger partial charge in [-0.25, -0.2) is 4.68 Å². The number of hydrogen-bond donors (Lipinski definition) is 0. The number of aromatic nitrogens is 2. The number of nitro benzene ring substituents is 1. The average molecular weight is 497 g/mol. The molecule has 0 aliphatic carbocycles. The van der Waals surface area contributed by atoms with E-state index in [9.17, 15) is 14.9 Å². The third-order valence-corrected chi connectivity index (χ3v) is 6.63. The van der Waals surface area contributed by atoms with Crippen molar-refractivity contribution in [2.75, 3.05) is 13.1 Å². The zero-order valence-corrected chi connectivity index (χ0v) is 20.4. The molecule has 1 saturated heterocycles. The molecule has 8 nitrogen and oxygen atoms in total. The second-order valence-corrected chi connectivity index (χ2v) is 9.14. The first-order valence-corrected chi connectivity index (χ1v) is 12.4. The Hall–Kier alpha value is -4.30. The highest BCUT2D eigenvalue weighted by Gasteiger charge is 2.25. The molecule has 2 heterocycles. The maximum absolute atomic E-state index is 13.3. The van der Waals surface area contributed by atoms with Gasteiger partial charge in [0, 0.05) is 42.5 Å². The van der Waals surface area contributed by atoms with Crippen molar-refractivity contribution in [3.05, 3.63) is 112 Å². The van der Waals surface area contributed by atoms with E-state index >= 15 is 0 Å². The summed E-state index contributed by atoms with van der Waals surface area (Å²) in [6, 6.07) is 26.1. The molecular formula is C29H28N4O4. The summed E-state index contributed by atoms with van der Waals surface area (Å²) in [6.45, 7) is 1.88. The fraction of sp³-hybridized carbons (Fsp3) is 0.241. The Bertz CT molecular complexity index is 1350. The van der Waals surface area contributed by atoms with Crippen LogP contribution in [0.1, 0.15) is 24.0 Å². The summed E-state index contributed by atoms with van der Waals surface area (Å²) >= 11 is 0. The Morgan fingerprint density at radius 3 is 2.24 bits per heavy atom. The summed E-state index contributed by atoms with van der Waals surface area (Å²) < 4.78 is 7.82. The van der Waals surface area contributed by atoms with Crippen LogP contribution in [0.3, 0.4) is 0 Å². The summed E-state index contributed by atoms with van der Waals surface area (Å²) in [5.41, 5.74) is 4.20. The molecule has 0 unspecified atom stereocenters. The van der Waals surface area contributed by atoms with Gasteiger partial charge in [-0.05, 0) is 42.7 Å². The molecule has 0 N–H and O–H groups in total. The van der Waals surface area contributed by atoms with Crippen LogP contribution in [0.5, 0.6) is 0 Å². The van der Waals surface area contributed by atoms with E-state index in [2.05, 4.69) is 12.1 Å². The minimum atomic E-state index is -0.427. The number of nitro groups is 1. The number of benzene rings is 3. The van der Waals surface area contributed by atoms with Gasteiger partial charge >= 0.3 is 0 Å². The van der Waals surface area contributed by atoms with Crippen LogP contribution in [0.15, 0.2) is 91.1 Å². The first kappa shape index (κ1) is 24.4. The summed E-state index contributed by atoms with van der Waals surface area (Å²) in [5.74, 6) is 0.0392. The molecule has 1 aliphatic heterocycles. The smallest absolute Gasteiger partial charge is 0.269 e. The molecule has 37 heavy (non-hydrogen) atoms. The van der Waals surface area contributed by atoms with E-state index in [1.54, 1.807) is 16.8 Å². The van der Waals surface area contributed by atoms with Crippen molar-refractivity contribution >= 4 is 11.6 Å². The summed E-state index contributed by atoms with van der Waals surface area (Å²) in [7, 11) is 0. The SMILES string of the molecule is O=C(Cc1cn(-c2ccccc2)nc1-c1ccc([N+](=O)[O-])cc1)N1CCC(OCc2ccccc2)CC1. The Labute approximate surface area is 215 Å². The van der Waals surface area contributed by atoms with Crippen LogP contribution in [-0.2, 0) is 22.6 Å². The Balaban J connectivity index is 1.28. The van der Waals surface area contributed by atoms with Gasteiger partial charge < -0.3 is 9.64 Å². The molecule has 0 spiro atoms. The van der Waals surface area contributed by atoms with Crippen molar-refractivity contribution in [3.63, 3.8) is 0 Å². The number of likely N-dealkylation sites (tertiary alicyclic amines) is 1. The highest BCUT2D eigenvalue weighted by atomic mass is 16.6. The Kier molecular flexibility index (Phi) is 7.37. The lowest BCUT2D eigenvalue weighted by atomic mass is 10.0. The van der Waals surface area contributed by atoms with Crippen molar-refractivity contribution in [1.82, 2.24) is 14.7 Å². The lowest BCUT2D eigenvalue weighted by Crippen LogP contribution is -2.41. The van der Waals surface area contributed by atoms with E-state index in [0.29, 0.717) is 25.4 Å². The molecule has 5 rings (SSSR count). The molecule has 1 fully saturated rings. The van der Waals surface area contributed by atoms with Crippen molar-refractivity contribution in [3.8, 4) is 16.9 Å². The molecule has 1 aliphatic rings. The molecule has 0 bridgehead atoms. The van der Waals surface area contributed by atoms with E-state index in [1.807, 2.05) is 59.6 Å². The maximum Gasteiger partial charge on any atom is 0.269 e. The minimum Gasteiger partial charge on any atom is -0.373 e. The zero-order chi connectivity index (χ0) is 25.6. The summed E-state index contributed by atoms with van der Waals surface area (Å²) in [5, 5.41) is 15.8. The Morgan fingerprint density at radius 2 is 1.59 bits per heavy atom. The van der Waals surface area contributed by atoms with Gasteiger partial charge in [-0.15, -0.1) is 0 Å². The largest absolute Gasteiger partial charge is 0.373 e. The maximum atomic E-state index is 13.3. The normalized spacial score (nSPS) is 14.0. The van der Waals surface area contributed by atoms with Gasteiger partial charge in [-0.1, -0.05) is 48.5 Å². The average Bonchev–Trinajstić information content (AvgIpc) is 3.37. The van der Waals surface area contributed by atoms with E-state index in [1.165, 1.54) is 12.1 Å². The predicted molar refractivity (Wildman–Crippen MR) is 140 cm³/mol. The van der Waals surface area contributed by atoms with E-state index in [0.717, 1.165) is 35.2 Å². The number of para-hydroxylation sites is 1. The van der Waals surface area contributed by atoms with Crippen LogP contribution in [0.4, 0.5) is 5.69 Å². The molecule has 188 valence electrons. The molecule has 0 saturated carbocycles. The minimum absolute atomic E-state index is 0.0150. The number of amides is 1. The molecule has 4 aromatic rings. The first-order valence-electron chi connectivity index (χ1n) is 12.4. The second kappa shape index (κ2) is 11.2. The predicted octanol–water partition coefficient (Wildman–Crippen LogP) is 5.20. The third-order valence-electron chi connectivity index (χ3n) is 6.63. The number of carbonyl (C=O) groups excluding carboxylic acids is 1. The van der Waals surface area contributed by atoms with Gasteiger partial charge in [0.15, 0.2) is 0 Å². The molecule has 0 atom stereocenters. The highest BCUT2D eigenvalue weighted by molar-refractivity contribution is 5.81. The number of rotatable bonds is 8. The number of nitrogens with zero attached hydrogens (tertiary/aromatic N) is 4. The van der Waals surface area contributed by atoms with Crippen LogP contribution in [-0.4, -0.2) is 44.7 Å². The quantitative estimate of drug-likeness (QED) is 0.247. The van der Waals surface area contributed by atoms with Gasteiger partial charge in [0.05, 0.1) is 35.4 Å². The number of hydrogen-bond acceptors (Lipinski definition) is 5. The molecule has 8 heteroatoms. The van der Waals surface area contributed by atoms with E-state index in [-0.39, 0.29) is 24.1 Å². The summed E-state index contributed by atoms with van der Waals surface area (Å²) in [4.78, 5) is 25.8. The van der Waals surface area contributed by atoms with Gasteiger partial charge in [0.25, 0.3) is 5.69 Å². The molecule has 3 aromatic carbocycles. The standard InChI is InChI=1S/C29H28N4O4/c34-28(31-17-15-27(16-18-31)37-21-22-7-3-1-4-8-22)19-24-20-32(25-9-5-2-6-10-25)30-29(24)23-11-13-26(14-12-23)33(35)36/h1-14,20,27H,15-19,21H2. The van der Waals surface area contributed by atoms with Crippen LogP contribution >= 0.6 is 0 Å². The van der Waals surface area contributed by atoms with Crippen molar-refractivity contribution in [2.24, 2.45) is 0 Å². The third kappa shape index (κ3) is 5.92. The Morgan fingerprint density at radius 1 is 0.946 bits per heavy atom.